The van der Waals surface area contributed by atoms with Gasteiger partial charge in [-0.25, -0.2) is 14.6 Å². The number of para-hydroxylation sites is 2. The van der Waals surface area contributed by atoms with Gasteiger partial charge in [0.15, 0.2) is 5.82 Å². The molecule has 3 heterocycles. The SMILES string of the molecule is CCOc1ccccc1N1CC(C(=O)NCc2cccnc2-n2cncn2)CC1=O. The molecule has 0 spiro atoms. The molecule has 1 N–H and O–H groups in total. The number of anilines is 1. The molecule has 9 heteroatoms. The summed E-state index contributed by atoms with van der Waals surface area (Å²) in [6.45, 7) is 2.99. The van der Waals surface area contributed by atoms with E-state index in [9.17, 15) is 9.59 Å². The predicted molar refractivity (Wildman–Crippen MR) is 109 cm³/mol. The standard InChI is InChI=1S/C21H22N6O3/c1-2-30-18-8-4-3-7-17(18)26-12-16(10-19(26)28)21(29)24-11-15-6-5-9-23-20(15)27-14-22-13-25-27/h3-9,13-14,16H,2,10-12H2,1H3,(H,24,29). The van der Waals surface area contributed by atoms with Gasteiger partial charge in [0.25, 0.3) is 0 Å². The number of hydrogen-bond acceptors (Lipinski definition) is 6. The van der Waals surface area contributed by atoms with Crippen LogP contribution in [-0.2, 0) is 16.1 Å². The van der Waals surface area contributed by atoms with Crippen LogP contribution in [0.2, 0.25) is 0 Å². The van der Waals surface area contributed by atoms with Crippen molar-refractivity contribution in [1.82, 2.24) is 25.1 Å². The molecule has 30 heavy (non-hydrogen) atoms. The Balaban J connectivity index is 1.43. The quantitative estimate of drug-likeness (QED) is 0.641. The Morgan fingerprint density at radius 2 is 2.13 bits per heavy atom. The zero-order valence-electron chi connectivity index (χ0n) is 16.6. The largest absolute Gasteiger partial charge is 0.492 e. The zero-order valence-corrected chi connectivity index (χ0v) is 16.6. The number of ether oxygens (including phenoxy) is 1. The first-order valence-corrected chi connectivity index (χ1v) is 9.76. The molecule has 1 aliphatic heterocycles. The fraction of sp³-hybridized carbons (Fsp3) is 0.286. The molecule has 1 fully saturated rings. The molecular weight excluding hydrogens is 384 g/mol. The van der Waals surface area contributed by atoms with Gasteiger partial charge in [0.1, 0.15) is 18.4 Å². The van der Waals surface area contributed by atoms with Crippen molar-refractivity contribution in [2.45, 2.75) is 19.9 Å². The minimum atomic E-state index is -0.432. The highest BCUT2D eigenvalue weighted by molar-refractivity contribution is 6.01. The van der Waals surface area contributed by atoms with E-state index < -0.39 is 5.92 Å². The van der Waals surface area contributed by atoms with Crippen LogP contribution in [0.3, 0.4) is 0 Å². The molecule has 3 aromatic rings. The third-order valence-corrected chi connectivity index (χ3v) is 4.91. The number of amides is 2. The van der Waals surface area contributed by atoms with Crippen molar-refractivity contribution in [3.8, 4) is 11.6 Å². The lowest BCUT2D eigenvalue weighted by Crippen LogP contribution is -2.33. The molecule has 1 aliphatic rings. The van der Waals surface area contributed by atoms with Crippen LogP contribution in [0, 0.1) is 5.92 Å². The molecule has 2 amide bonds. The highest BCUT2D eigenvalue weighted by Crippen LogP contribution is 2.33. The number of aromatic nitrogens is 4. The molecular formula is C21H22N6O3. The maximum Gasteiger partial charge on any atom is 0.227 e. The van der Waals surface area contributed by atoms with Crippen molar-refractivity contribution >= 4 is 17.5 Å². The van der Waals surface area contributed by atoms with E-state index in [1.54, 1.807) is 28.2 Å². The van der Waals surface area contributed by atoms with Crippen LogP contribution in [0.15, 0.2) is 55.2 Å². The molecule has 1 atom stereocenters. The molecule has 0 aliphatic carbocycles. The maximum atomic E-state index is 12.8. The number of carbonyl (C=O) groups is 2. The summed E-state index contributed by atoms with van der Waals surface area (Å²) in [7, 11) is 0. The molecule has 1 aromatic carbocycles. The van der Waals surface area contributed by atoms with E-state index in [0.29, 0.717) is 30.4 Å². The van der Waals surface area contributed by atoms with Crippen LogP contribution in [0.25, 0.3) is 5.82 Å². The summed E-state index contributed by atoms with van der Waals surface area (Å²) >= 11 is 0. The molecule has 0 bridgehead atoms. The molecule has 1 unspecified atom stereocenters. The number of pyridine rings is 1. The molecule has 154 valence electrons. The smallest absolute Gasteiger partial charge is 0.227 e. The average molecular weight is 406 g/mol. The first kappa shape index (κ1) is 19.6. The van der Waals surface area contributed by atoms with E-state index in [-0.39, 0.29) is 24.8 Å². The number of carbonyl (C=O) groups excluding carboxylic acids is 2. The summed E-state index contributed by atoms with van der Waals surface area (Å²) in [6, 6.07) is 11.0. The van der Waals surface area contributed by atoms with Gasteiger partial charge in [-0.2, -0.15) is 5.10 Å². The van der Waals surface area contributed by atoms with Gasteiger partial charge < -0.3 is 15.0 Å². The second-order valence-corrected chi connectivity index (χ2v) is 6.85. The summed E-state index contributed by atoms with van der Waals surface area (Å²) in [5.41, 5.74) is 1.50. The van der Waals surface area contributed by atoms with Gasteiger partial charge in [0.2, 0.25) is 11.8 Å². The molecule has 0 saturated carbocycles. The van der Waals surface area contributed by atoms with Crippen molar-refractivity contribution in [2.24, 2.45) is 5.92 Å². The highest BCUT2D eigenvalue weighted by atomic mass is 16.5. The van der Waals surface area contributed by atoms with Gasteiger partial charge >= 0.3 is 0 Å². The van der Waals surface area contributed by atoms with Crippen molar-refractivity contribution in [3.05, 3.63) is 60.8 Å². The van der Waals surface area contributed by atoms with Crippen LogP contribution in [0.4, 0.5) is 5.69 Å². The Kier molecular flexibility index (Phi) is 5.69. The van der Waals surface area contributed by atoms with Gasteiger partial charge in [0, 0.05) is 31.3 Å². The summed E-state index contributed by atoms with van der Waals surface area (Å²) < 4.78 is 7.18. The van der Waals surface area contributed by atoms with Crippen molar-refractivity contribution in [3.63, 3.8) is 0 Å². The average Bonchev–Trinajstić information content (AvgIpc) is 3.43. The second kappa shape index (κ2) is 8.73. The van der Waals surface area contributed by atoms with Gasteiger partial charge in [0.05, 0.1) is 18.2 Å². The first-order valence-electron chi connectivity index (χ1n) is 9.76. The normalized spacial score (nSPS) is 16.0. The molecule has 9 nitrogen and oxygen atoms in total. The van der Waals surface area contributed by atoms with Gasteiger partial charge in [-0.15, -0.1) is 0 Å². The minimum absolute atomic E-state index is 0.0908. The predicted octanol–water partition coefficient (Wildman–Crippen LogP) is 1.73. The number of rotatable bonds is 7. The first-order chi connectivity index (χ1) is 14.7. The highest BCUT2D eigenvalue weighted by Gasteiger charge is 2.36. The van der Waals surface area contributed by atoms with Crippen LogP contribution < -0.4 is 15.0 Å². The third-order valence-electron chi connectivity index (χ3n) is 4.91. The van der Waals surface area contributed by atoms with E-state index in [1.807, 2.05) is 37.3 Å². The lowest BCUT2D eigenvalue weighted by atomic mass is 10.1. The Hall–Kier alpha value is -3.75. The van der Waals surface area contributed by atoms with E-state index in [0.717, 1.165) is 5.56 Å². The number of benzene rings is 1. The van der Waals surface area contributed by atoms with E-state index in [4.69, 9.17) is 4.74 Å². The van der Waals surface area contributed by atoms with Crippen molar-refractivity contribution in [1.29, 1.82) is 0 Å². The van der Waals surface area contributed by atoms with Crippen LogP contribution in [-0.4, -0.2) is 44.7 Å². The van der Waals surface area contributed by atoms with E-state index >= 15 is 0 Å². The Labute approximate surface area is 173 Å². The summed E-state index contributed by atoms with van der Waals surface area (Å²) in [5.74, 6) is 0.547. The maximum absolute atomic E-state index is 12.8. The second-order valence-electron chi connectivity index (χ2n) is 6.85. The van der Waals surface area contributed by atoms with E-state index in [1.165, 1.54) is 6.33 Å². The fourth-order valence-electron chi connectivity index (χ4n) is 3.49. The monoisotopic (exact) mass is 406 g/mol. The summed E-state index contributed by atoms with van der Waals surface area (Å²) in [4.78, 5) is 35.2. The van der Waals surface area contributed by atoms with E-state index in [2.05, 4.69) is 20.4 Å². The number of hydrogen-bond donors (Lipinski definition) is 1. The zero-order chi connectivity index (χ0) is 20.9. The molecule has 4 rings (SSSR count). The topological polar surface area (TPSA) is 102 Å². The number of nitrogens with zero attached hydrogens (tertiary/aromatic N) is 5. The Morgan fingerprint density at radius 3 is 2.93 bits per heavy atom. The number of nitrogens with one attached hydrogen (secondary N) is 1. The van der Waals surface area contributed by atoms with Crippen LogP contribution in [0.1, 0.15) is 18.9 Å². The van der Waals surface area contributed by atoms with Gasteiger partial charge in [-0.05, 0) is 25.1 Å². The summed E-state index contributed by atoms with van der Waals surface area (Å²) in [5, 5.41) is 7.02. The molecule has 1 saturated heterocycles. The molecule has 0 radical (unpaired) electrons. The Bertz CT molecular complexity index is 1040. The Morgan fingerprint density at radius 1 is 1.27 bits per heavy atom. The van der Waals surface area contributed by atoms with Crippen LogP contribution in [0.5, 0.6) is 5.75 Å². The lowest BCUT2D eigenvalue weighted by molar-refractivity contribution is -0.126. The fourth-order valence-corrected chi connectivity index (χ4v) is 3.49. The van der Waals surface area contributed by atoms with Crippen molar-refractivity contribution in [2.75, 3.05) is 18.1 Å². The van der Waals surface area contributed by atoms with Gasteiger partial charge in [-0.1, -0.05) is 18.2 Å². The van der Waals surface area contributed by atoms with Gasteiger partial charge in [-0.3, -0.25) is 9.59 Å². The van der Waals surface area contributed by atoms with Crippen molar-refractivity contribution < 1.29 is 14.3 Å². The summed E-state index contributed by atoms with van der Waals surface area (Å²) in [6.07, 6.45) is 4.80. The molecule has 2 aromatic heterocycles. The third kappa shape index (κ3) is 4.00. The van der Waals surface area contributed by atoms with Crippen LogP contribution >= 0.6 is 0 Å². The minimum Gasteiger partial charge on any atom is -0.492 e. The lowest BCUT2D eigenvalue weighted by Gasteiger charge is -2.20.